The van der Waals surface area contributed by atoms with Gasteiger partial charge in [-0.25, -0.2) is 4.79 Å². The van der Waals surface area contributed by atoms with Gasteiger partial charge < -0.3 is 15.8 Å². The number of carbonyl (C=O) groups is 1. The van der Waals surface area contributed by atoms with Crippen LogP contribution in [0.25, 0.3) is 0 Å². The third kappa shape index (κ3) is 3.35. The van der Waals surface area contributed by atoms with E-state index in [9.17, 15) is 4.79 Å². The number of amides is 1. The molecule has 0 radical (unpaired) electrons. The molecule has 1 unspecified atom stereocenters. The Labute approximate surface area is 103 Å². The van der Waals surface area contributed by atoms with Crippen molar-refractivity contribution in [2.75, 3.05) is 6.54 Å². The molecule has 0 aromatic carbocycles. The van der Waals surface area contributed by atoms with E-state index in [-0.39, 0.29) is 17.6 Å². The maximum atomic E-state index is 11.6. The summed E-state index contributed by atoms with van der Waals surface area (Å²) in [5, 5.41) is 2.86. The van der Waals surface area contributed by atoms with Crippen molar-refractivity contribution in [2.24, 2.45) is 17.1 Å². The van der Waals surface area contributed by atoms with Crippen molar-refractivity contribution < 1.29 is 9.53 Å². The summed E-state index contributed by atoms with van der Waals surface area (Å²) < 4.78 is 5.23. The van der Waals surface area contributed by atoms with Crippen LogP contribution in [0, 0.1) is 11.3 Å². The van der Waals surface area contributed by atoms with Gasteiger partial charge in [-0.2, -0.15) is 0 Å². The molecule has 1 atom stereocenters. The Kier molecular flexibility index (Phi) is 3.10. The second-order valence-electron chi connectivity index (χ2n) is 6.58. The third-order valence-electron chi connectivity index (χ3n) is 3.71. The summed E-state index contributed by atoms with van der Waals surface area (Å²) in [6.07, 6.45) is 4.47. The van der Waals surface area contributed by atoms with Crippen LogP contribution in [0.1, 0.15) is 46.5 Å². The van der Waals surface area contributed by atoms with E-state index in [0.29, 0.717) is 12.5 Å². The summed E-state index contributed by atoms with van der Waals surface area (Å²) >= 11 is 0. The number of rotatable bonds is 4. The minimum atomic E-state index is -0.431. The standard InChI is InChI=1S/C13H24N2O2/c1-12(2,3)17-11(16)15-8-13(6-7-13)10(14)9-4-5-9/h9-10H,4-8,14H2,1-3H3,(H,15,16). The van der Waals surface area contributed by atoms with Gasteiger partial charge in [0.05, 0.1) is 0 Å². The van der Waals surface area contributed by atoms with Crippen LogP contribution >= 0.6 is 0 Å². The van der Waals surface area contributed by atoms with E-state index < -0.39 is 5.60 Å². The van der Waals surface area contributed by atoms with Gasteiger partial charge in [-0.15, -0.1) is 0 Å². The summed E-state index contributed by atoms with van der Waals surface area (Å²) in [5.74, 6) is 0.693. The average molecular weight is 240 g/mol. The van der Waals surface area contributed by atoms with Crippen LogP contribution in [-0.2, 0) is 4.74 Å². The van der Waals surface area contributed by atoms with Gasteiger partial charge in [0.15, 0.2) is 0 Å². The maximum Gasteiger partial charge on any atom is 0.407 e. The Morgan fingerprint density at radius 2 is 2.06 bits per heavy atom. The van der Waals surface area contributed by atoms with Crippen LogP contribution in [0.4, 0.5) is 4.79 Å². The van der Waals surface area contributed by atoms with E-state index in [1.165, 1.54) is 12.8 Å². The predicted molar refractivity (Wildman–Crippen MR) is 66.6 cm³/mol. The first-order valence-corrected chi connectivity index (χ1v) is 6.55. The number of hydrogen-bond acceptors (Lipinski definition) is 3. The highest BCUT2D eigenvalue weighted by molar-refractivity contribution is 5.67. The summed E-state index contributed by atoms with van der Waals surface area (Å²) in [6.45, 7) is 6.28. The van der Waals surface area contributed by atoms with Crippen LogP contribution in [0.3, 0.4) is 0 Å². The fourth-order valence-corrected chi connectivity index (χ4v) is 2.31. The Bertz CT molecular complexity index is 301. The lowest BCUT2D eigenvalue weighted by Gasteiger charge is -2.25. The van der Waals surface area contributed by atoms with Crippen LogP contribution in [0.2, 0.25) is 0 Å². The zero-order valence-corrected chi connectivity index (χ0v) is 11.1. The maximum absolute atomic E-state index is 11.6. The normalized spacial score (nSPS) is 24.0. The molecule has 0 saturated heterocycles. The van der Waals surface area contributed by atoms with Crippen LogP contribution < -0.4 is 11.1 Å². The summed E-state index contributed by atoms with van der Waals surface area (Å²) in [6, 6.07) is 0.262. The Morgan fingerprint density at radius 3 is 2.47 bits per heavy atom. The fourth-order valence-electron chi connectivity index (χ4n) is 2.31. The van der Waals surface area contributed by atoms with E-state index in [0.717, 1.165) is 12.8 Å². The lowest BCUT2D eigenvalue weighted by atomic mass is 9.93. The molecule has 0 aromatic heterocycles. The molecule has 0 bridgehead atoms. The highest BCUT2D eigenvalue weighted by Gasteiger charge is 2.52. The summed E-state index contributed by atoms with van der Waals surface area (Å²) in [4.78, 5) is 11.6. The molecule has 0 aliphatic heterocycles. The van der Waals surface area contributed by atoms with E-state index in [1.54, 1.807) is 0 Å². The number of hydrogen-bond donors (Lipinski definition) is 2. The third-order valence-corrected chi connectivity index (χ3v) is 3.71. The first kappa shape index (κ1) is 12.7. The zero-order valence-electron chi connectivity index (χ0n) is 11.1. The number of nitrogens with two attached hydrogens (primary N) is 1. The van der Waals surface area contributed by atoms with E-state index in [4.69, 9.17) is 10.5 Å². The first-order chi connectivity index (χ1) is 7.82. The highest BCUT2D eigenvalue weighted by Crippen LogP contribution is 2.53. The van der Waals surface area contributed by atoms with Crippen molar-refractivity contribution in [3.05, 3.63) is 0 Å². The van der Waals surface area contributed by atoms with Gasteiger partial charge in [0.1, 0.15) is 5.60 Å². The predicted octanol–water partition coefficient (Wildman–Crippen LogP) is 2.03. The van der Waals surface area contributed by atoms with E-state index in [2.05, 4.69) is 5.32 Å². The monoisotopic (exact) mass is 240 g/mol. The molecule has 2 fully saturated rings. The molecule has 98 valence electrons. The lowest BCUT2D eigenvalue weighted by Crippen LogP contribution is -2.43. The topological polar surface area (TPSA) is 64.3 Å². The number of carbonyl (C=O) groups excluding carboxylic acids is 1. The molecule has 2 aliphatic rings. The fraction of sp³-hybridized carbons (Fsp3) is 0.923. The molecular formula is C13H24N2O2. The molecule has 2 rings (SSSR count). The molecule has 0 spiro atoms. The minimum Gasteiger partial charge on any atom is -0.444 e. The molecule has 1 amide bonds. The van der Waals surface area contributed by atoms with Crippen molar-refractivity contribution in [3.8, 4) is 0 Å². The van der Waals surface area contributed by atoms with Crippen molar-refractivity contribution in [2.45, 2.75) is 58.1 Å². The van der Waals surface area contributed by atoms with Gasteiger partial charge in [-0.1, -0.05) is 0 Å². The van der Waals surface area contributed by atoms with Crippen LogP contribution in [0.5, 0.6) is 0 Å². The summed E-state index contributed by atoms with van der Waals surface area (Å²) in [5.41, 5.74) is 5.97. The van der Waals surface area contributed by atoms with Gasteiger partial charge in [0.2, 0.25) is 0 Å². The van der Waals surface area contributed by atoms with Crippen LogP contribution in [-0.4, -0.2) is 24.3 Å². The van der Waals surface area contributed by atoms with Crippen LogP contribution in [0.15, 0.2) is 0 Å². The molecule has 2 saturated carbocycles. The summed E-state index contributed by atoms with van der Waals surface area (Å²) in [7, 11) is 0. The minimum absolute atomic E-state index is 0.165. The van der Waals surface area contributed by atoms with Crippen molar-refractivity contribution in [1.82, 2.24) is 5.32 Å². The largest absolute Gasteiger partial charge is 0.444 e. The van der Waals surface area contributed by atoms with E-state index >= 15 is 0 Å². The molecule has 4 nitrogen and oxygen atoms in total. The second kappa shape index (κ2) is 4.16. The average Bonchev–Trinajstić information content (AvgIpc) is 3.06. The SMILES string of the molecule is CC(C)(C)OC(=O)NCC1(C(N)C2CC2)CC1. The zero-order chi connectivity index (χ0) is 12.7. The van der Waals surface area contributed by atoms with Gasteiger partial charge >= 0.3 is 6.09 Å². The van der Waals surface area contributed by atoms with Crippen molar-refractivity contribution in [1.29, 1.82) is 0 Å². The van der Waals surface area contributed by atoms with Gasteiger partial charge in [-0.05, 0) is 52.4 Å². The van der Waals surface area contributed by atoms with Gasteiger partial charge in [-0.3, -0.25) is 0 Å². The first-order valence-electron chi connectivity index (χ1n) is 6.55. The number of ether oxygens (including phenoxy) is 1. The molecule has 2 aliphatic carbocycles. The van der Waals surface area contributed by atoms with Gasteiger partial charge in [0.25, 0.3) is 0 Å². The van der Waals surface area contributed by atoms with Gasteiger partial charge in [0, 0.05) is 18.0 Å². The molecule has 17 heavy (non-hydrogen) atoms. The molecular weight excluding hydrogens is 216 g/mol. The van der Waals surface area contributed by atoms with Crippen molar-refractivity contribution in [3.63, 3.8) is 0 Å². The molecule has 3 N–H and O–H groups in total. The van der Waals surface area contributed by atoms with E-state index in [1.807, 2.05) is 20.8 Å². The Balaban J connectivity index is 1.76. The highest BCUT2D eigenvalue weighted by atomic mass is 16.6. The van der Waals surface area contributed by atoms with Crippen molar-refractivity contribution >= 4 is 6.09 Å². The molecule has 0 aromatic rings. The second-order valence-corrected chi connectivity index (χ2v) is 6.58. The molecule has 4 heteroatoms. The quantitative estimate of drug-likeness (QED) is 0.790. The Morgan fingerprint density at radius 1 is 1.47 bits per heavy atom. The lowest BCUT2D eigenvalue weighted by molar-refractivity contribution is 0.0512. The smallest absolute Gasteiger partial charge is 0.407 e. The Hall–Kier alpha value is -0.770. The number of alkyl carbamates (subject to hydrolysis) is 1. The number of nitrogens with one attached hydrogen (secondary N) is 1. The molecule has 0 heterocycles.